The van der Waals surface area contributed by atoms with Gasteiger partial charge in [0.05, 0.1) is 6.04 Å². The number of amides is 3. The zero-order valence-corrected chi connectivity index (χ0v) is 21.6. The van der Waals surface area contributed by atoms with Crippen LogP contribution in [0.25, 0.3) is 0 Å². The van der Waals surface area contributed by atoms with Crippen LogP contribution in [0.4, 0.5) is 0 Å². The van der Waals surface area contributed by atoms with Gasteiger partial charge in [-0.25, -0.2) is 0 Å². The molecule has 1 aromatic carbocycles. The van der Waals surface area contributed by atoms with E-state index in [4.69, 9.17) is 0 Å². The number of rotatable bonds is 9. The molecule has 0 unspecified atom stereocenters. The van der Waals surface area contributed by atoms with E-state index in [1.165, 1.54) is 13.8 Å². The molecule has 3 N–H and O–H groups in total. The molecule has 36 heavy (non-hydrogen) atoms. The van der Waals surface area contributed by atoms with E-state index < -0.39 is 24.0 Å². The van der Waals surface area contributed by atoms with Crippen LogP contribution in [0.2, 0.25) is 0 Å². The molecular formula is C27H38N4O5. The molecule has 2 fully saturated rings. The monoisotopic (exact) mass is 498 g/mol. The highest BCUT2D eigenvalue weighted by Crippen LogP contribution is 2.31. The number of Topliss-reactive ketones (excluding diaryl/α,β-unsaturated/α-hetero) is 2. The standard InChI is InChI=1S/C27H38N4O5/c1-16(28-4)25(34)30-22-11-6-5-10-21-12-13-23(31(21)27(22)36)26(35)29-15-19-8-7-9-20(14-19)24(17(2)32)18(3)33/h7-9,14,16,21-24,28H,5-6,10-13,15H2,1-4H3,(H,29,35)(H,30,34)/t16-,21-,22-,23-/m0/s1. The molecule has 0 aliphatic carbocycles. The van der Waals surface area contributed by atoms with Crippen LogP contribution in [0.5, 0.6) is 0 Å². The molecule has 1 aromatic rings. The van der Waals surface area contributed by atoms with E-state index in [-0.39, 0.29) is 41.9 Å². The number of benzene rings is 1. The van der Waals surface area contributed by atoms with Gasteiger partial charge in [0.2, 0.25) is 17.7 Å². The smallest absolute Gasteiger partial charge is 0.246 e. The number of fused-ring (bicyclic) bond motifs is 1. The summed E-state index contributed by atoms with van der Waals surface area (Å²) in [5, 5.41) is 8.70. The molecule has 4 atom stereocenters. The topological polar surface area (TPSA) is 125 Å². The molecule has 0 aromatic heterocycles. The lowest BCUT2D eigenvalue weighted by molar-refractivity contribution is -0.144. The third-order valence-electron chi connectivity index (χ3n) is 7.34. The molecule has 2 saturated heterocycles. The van der Waals surface area contributed by atoms with Crippen molar-refractivity contribution in [2.24, 2.45) is 0 Å². The van der Waals surface area contributed by atoms with E-state index >= 15 is 0 Å². The van der Waals surface area contributed by atoms with Crippen LogP contribution in [-0.4, -0.2) is 65.4 Å². The van der Waals surface area contributed by atoms with Crippen LogP contribution >= 0.6 is 0 Å². The Morgan fingerprint density at radius 3 is 2.39 bits per heavy atom. The molecule has 3 rings (SSSR count). The van der Waals surface area contributed by atoms with E-state index in [0.29, 0.717) is 18.4 Å². The van der Waals surface area contributed by atoms with Crippen LogP contribution in [-0.2, 0) is 30.5 Å². The maximum atomic E-state index is 13.5. The fourth-order valence-corrected chi connectivity index (χ4v) is 5.30. The Morgan fingerprint density at radius 2 is 1.72 bits per heavy atom. The second-order valence-electron chi connectivity index (χ2n) is 9.97. The lowest BCUT2D eigenvalue weighted by Crippen LogP contribution is -2.57. The normalized spacial score (nSPS) is 22.9. The van der Waals surface area contributed by atoms with Crippen molar-refractivity contribution in [1.82, 2.24) is 20.9 Å². The predicted molar refractivity (Wildman–Crippen MR) is 135 cm³/mol. The van der Waals surface area contributed by atoms with Crippen LogP contribution in [0.1, 0.15) is 76.3 Å². The summed E-state index contributed by atoms with van der Waals surface area (Å²) in [7, 11) is 1.69. The van der Waals surface area contributed by atoms with Crippen molar-refractivity contribution in [3.8, 4) is 0 Å². The molecule has 0 spiro atoms. The van der Waals surface area contributed by atoms with Crippen molar-refractivity contribution < 1.29 is 24.0 Å². The second-order valence-corrected chi connectivity index (χ2v) is 9.97. The largest absolute Gasteiger partial charge is 0.350 e. The minimum atomic E-state index is -0.812. The molecule has 0 radical (unpaired) electrons. The third kappa shape index (κ3) is 6.37. The Bertz CT molecular complexity index is 996. The van der Waals surface area contributed by atoms with Gasteiger partial charge in [-0.15, -0.1) is 0 Å². The number of hydrogen-bond acceptors (Lipinski definition) is 6. The third-order valence-corrected chi connectivity index (χ3v) is 7.34. The molecule has 2 heterocycles. The highest BCUT2D eigenvalue weighted by atomic mass is 16.2. The summed E-state index contributed by atoms with van der Waals surface area (Å²) in [6, 6.07) is 5.44. The maximum Gasteiger partial charge on any atom is 0.246 e. The fraction of sp³-hybridized carbons (Fsp3) is 0.593. The fourth-order valence-electron chi connectivity index (χ4n) is 5.30. The lowest BCUT2D eigenvalue weighted by Gasteiger charge is -2.35. The van der Waals surface area contributed by atoms with Crippen LogP contribution in [0.15, 0.2) is 24.3 Å². The van der Waals surface area contributed by atoms with E-state index in [9.17, 15) is 24.0 Å². The molecule has 2 aliphatic heterocycles. The van der Waals surface area contributed by atoms with Gasteiger partial charge in [0.1, 0.15) is 29.6 Å². The summed E-state index contributed by atoms with van der Waals surface area (Å²) in [4.78, 5) is 64.8. The minimum Gasteiger partial charge on any atom is -0.350 e. The van der Waals surface area contributed by atoms with E-state index in [0.717, 1.165) is 31.2 Å². The maximum absolute atomic E-state index is 13.5. The van der Waals surface area contributed by atoms with Gasteiger partial charge < -0.3 is 20.9 Å². The predicted octanol–water partition coefficient (Wildman–Crippen LogP) is 1.59. The highest BCUT2D eigenvalue weighted by molar-refractivity contribution is 6.05. The number of likely N-dealkylation sites (N-methyl/N-ethyl adjacent to an activating group) is 1. The number of carbonyl (C=O) groups is 5. The van der Waals surface area contributed by atoms with Gasteiger partial charge >= 0.3 is 0 Å². The molecular weight excluding hydrogens is 460 g/mol. The second kappa shape index (κ2) is 12.3. The molecule has 196 valence electrons. The first-order valence-corrected chi connectivity index (χ1v) is 12.8. The summed E-state index contributed by atoms with van der Waals surface area (Å²) in [5.41, 5.74) is 1.38. The van der Waals surface area contributed by atoms with Crippen molar-refractivity contribution in [2.45, 2.75) is 95.9 Å². The first-order valence-electron chi connectivity index (χ1n) is 12.8. The molecule has 3 amide bonds. The number of hydrogen-bond donors (Lipinski definition) is 3. The number of ketones is 2. The Hall–Kier alpha value is -3.07. The summed E-state index contributed by atoms with van der Waals surface area (Å²) in [6.07, 6.45) is 4.53. The molecule has 0 bridgehead atoms. The molecule has 9 heteroatoms. The van der Waals surface area contributed by atoms with Crippen LogP contribution < -0.4 is 16.0 Å². The minimum absolute atomic E-state index is 0.00936. The summed E-state index contributed by atoms with van der Waals surface area (Å²) in [5.74, 6) is -1.92. The van der Waals surface area contributed by atoms with Crippen molar-refractivity contribution in [3.63, 3.8) is 0 Å². The Balaban J connectivity index is 1.70. The Morgan fingerprint density at radius 1 is 1.03 bits per heavy atom. The average molecular weight is 499 g/mol. The quantitative estimate of drug-likeness (QED) is 0.444. The number of nitrogens with zero attached hydrogens (tertiary/aromatic N) is 1. The first-order chi connectivity index (χ1) is 17.1. The van der Waals surface area contributed by atoms with Gasteiger partial charge in [-0.2, -0.15) is 0 Å². The van der Waals surface area contributed by atoms with Crippen molar-refractivity contribution in [3.05, 3.63) is 35.4 Å². The van der Waals surface area contributed by atoms with Gasteiger partial charge in [0.25, 0.3) is 0 Å². The molecule has 2 aliphatic rings. The first kappa shape index (κ1) is 27.5. The highest BCUT2D eigenvalue weighted by Gasteiger charge is 2.43. The van der Waals surface area contributed by atoms with Gasteiger partial charge in [-0.05, 0) is 64.6 Å². The van der Waals surface area contributed by atoms with Crippen molar-refractivity contribution in [1.29, 1.82) is 0 Å². The summed E-state index contributed by atoms with van der Waals surface area (Å²) in [6.45, 7) is 4.75. The molecule has 0 saturated carbocycles. The van der Waals surface area contributed by atoms with Crippen molar-refractivity contribution in [2.75, 3.05) is 7.05 Å². The van der Waals surface area contributed by atoms with Crippen molar-refractivity contribution >= 4 is 29.3 Å². The average Bonchev–Trinajstić information content (AvgIpc) is 3.25. The summed E-state index contributed by atoms with van der Waals surface area (Å²) >= 11 is 0. The van der Waals surface area contributed by atoms with E-state index in [1.54, 1.807) is 37.1 Å². The van der Waals surface area contributed by atoms with Gasteiger partial charge in [0.15, 0.2) is 0 Å². The molecule has 9 nitrogen and oxygen atoms in total. The zero-order valence-electron chi connectivity index (χ0n) is 21.6. The van der Waals surface area contributed by atoms with Gasteiger partial charge in [-0.1, -0.05) is 37.1 Å². The van der Waals surface area contributed by atoms with Gasteiger partial charge in [-0.3, -0.25) is 24.0 Å². The van der Waals surface area contributed by atoms with E-state index in [1.807, 2.05) is 6.07 Å². The number of carbonyl (C=O) groups excluding carboxylic acids is 5. The van der Waals surface area contributed by atoms with Crippen LogP contribution in [0, 0.1) is 0 Å². The van der Waals surface area contributed by atoms with Crippen LogP contribution in [0.3, 0.4) is 0 Å². The van der Waals surface area contributed by atoms with E-state index in [2.05, 4.69) is 16.0 Å². The SMILES string of the molecule is CN[C@@H](C)C(=O)N[C@H]1CCCC[C@H]2CC[C@@H](C(=O)NCc3cccc(C(C(C)=O)C(C)=O)c3)N2C1=O. The van der Waals surface area contributed by atoms with Gasteiger partial charge in [0, 0.05) is 12.6 Å². The Kier molecular flexibility index (Phi) is 9.37. The lowest BCUT2D eigenvalue weighted by atomic mass is 9.91. The summed E-state index contributed by atoms with van der Waals surface area (Å²) < 4.78 is 0. The number of nitrogens with one attached hydrogen (secondary N) is 3. The zero-order chi connectivity index (χ0) is 26.4. The Labute approximate surface area is 212 Å².